The van der Waals surface area contributed by atoms with Crippen molar-refractivity contribution in [2.75, 3.05) is 0 Å². The summed E-state index contributed by atoms with van der Waals surface area (Å²) in [7, 11) is 0. The number of hydrogen-bond acceptors (Lipinski definition) is 2. The monoisotopic (exact) mass is 226 g/mol. The highest BCUT2D eigenvalue weighted by Gasteiger charge is 2.38. The minimum atomic E-state index is -0.805. The summed E-state index contributed by atoms with van der Waals surface area (Å²) in [6.45, 7) is 2.17. The molecule has 0 aromatic heterocycles. The number of rotatable bonds is 4. The molecular formula is C12H16F2N2. The van der Waals surface area contributed by atoms with E-state index in [0.29, 0.717) is 18.3 Å². The third kappa shape index (κ3) is 2.39. The van der Waals surface area contributed by atoms with Crippen LogP contribution in [0.1, 0.15) is 18.9 Å². The molecule has 88 valence electrons. The fraction of sp³-hybridized carbons (Fsp3) is 0.500. The molecule has 4 heteroatoms. The second-order valence-electron chi connectivity index (χ2n) is 4.60. The zero-order valence-corrected chi connectivity index (χ0v) is 9.21. The number of hydrogen-bond donors (Lipinski definition) is 2. The zero-order valence-electron chi connectivity index (χ0n) is 9.21. The Hall–Kier alpha value is -1.00. The molecule has 3 N–H and O–H groups in total. The lowest BCUT2D eigenvalue weighted by atomic mass is 10.0. The van der Waals surface area contributed by atoms with Crippen LogP contribution >= 0.6 is 0 Å². The van der Waals surface area contributed by atoms with Crippen LogP contribution in [-0.2, 0) is 6.42 Å². The molecule has 1 fully saturated rings. The van der Waals surface area contributed by atoms with E-state index < -0.39 is 11.6 Å². The molecule has 2 rings (SSSR count). The molecule has 1 aliphatic rings. The molecular weight excluding hydrogens is 210 g/mol. The molecule has 2 nitrogen and oxygen atoms in total. The van der Waals surface area contributed by atoms with Crippen molar-refractivity contribution in [3.8, 4) is 0 Å². The molecule has 3 atom stereocenters. The fourth-order valence-electron chi connectivity index (χ4n) is 2.17. The van der Waals surface area contributed by atoms with E-state index in [1.54, 1.807) is 6.07 Å². The van der Waals surface area contributed by atoms with Crippen LogP contribution in [0.15, 0.2) is 18.2 Å². The summed E-state index contributed by atoms with van der Waals surface area (Å²) >= 11 is 0. The molecule has 0 aliphatic heterocycles. The second kappa shape index (κ2) is 4.47. The lowest BCUT2D eigenvalue weighted by molar-refractivity contribution is 0.451. The summed E-state index contributed by atoms with van der Waals surface area (Å²) in [6, 6.07) is 4.16. The van der Waals surface area contributed by atoms with E-state index in [-0.39, 0.29) is 6.04 Å². The zero-order chi connectivity index (χ0) is 11.7. The maximum Gasteiger partial charge on any atom is 0.159 e. The average molecular weight is 226 g/mol. The predicted octanol–water partition coefficient (Wildman–Crippen LogP) is 2.00. The quantitative estimate of drug-likeness (QED) is 0.608. The van der Waals surface area contributed by atoms with E-state index in [1.165, 1.54) is 6.07 Å². The van der Waals surface area contributed by atoms with E-state index in [4.69, 9.17) is 5.84 Å². The van der Waals surface area contributed by atoms with Crippen molar-refractivity contribution < 1.29 is 8.78 Å². The molecule has 0 amide bonds. The molecule has 16 heavy (non-hydrogen) atoms. The van der Waals surface area contributed by atoms with Crippen molar-refractivity contribution in [1.82, 2.24) is 5.43 Å². The largest absolute Gasteiger partial charge is 0.271 e. The van der Waals surface area contributed by atoms with Gasteiger partial charge in [-0.05, 0) is 42.4 Å². The molecule has 0 saturated heterocycles. The van der Waals surface area contributed by atoms with E-state index in [0.717, 1.165) is 18.1 Å². The first-order valence-corrected chi connectivity index (χ1v) is 5.52. The summed E-state index contributed by atoms with van der Waals surface area (Å²) in [5.74, 6) is 5.10. The molecule has 0 spiro atoms. The molecule has 1 aromatic carbocycles. The Morgan fingerprint density at radius 3 is 2.62 bits per heavy atom. The molecule has 0 bridgehead atoms. The van der Waals surface area contributed by atoms with Gasteiger partial charge in [-0.3, -0.25) is 11.3 Å². The topological polar surface area (TPSA) is 38.0 Å². The van der Waals surface area contributed by atoms with Crippen molar-refractivity contribution >= 4 is 0 Å². The van der Waals surface area contributed by atoms with Crippen LogP contribution in [0.25, 0.3) is 0 Å². The standard InChI is InChI=1S/C12H16F2N2/c1-7-4-9(7)12(16-15)6-8-2-3-10(13)11(14)5-8/h2-3,5,7,9,12,16H,4,6,15H2,1H3. The van der Waals surface area contributed by atoms with Crippen LogP contribution in [0.4, 0.5) is 8.78 Å². The van der Waals surface area contributed by atoms with Crippen molar-refractivity contribution in [1.29, 1.82) is 0 Å². The van der Waals surface area contributed by atoms with Crippen molar-refractivity contribution in [3.05, 3.63) is 35.4 Å². The average Bonchev–Trinajstić information content (AvgIpc) is 2.97. The van der Waals surface area contributed by atoms with E-state index in [1.807, 2.05) is 0 Å². The lowest BCUT2D eigenvalue weighted by Crippen LogP contribution is -2.38. The van der Waals surface area contributed by atoms with Crippen LogP contribution in [0.2, 0.25) is 0 Å². The minimum Gasteiger partial charge on any atom is -0.271 e. The summed E-state index contributed by atoms with van der Waals surface area (Å²) in [4.78, 5) is 0. The Morgan fingerprint density at radius 2 is 2.12 bits per heavy atom. The Kier molecular flexibility index (Phi) is 3.21. The summed E-state index contributed by atoms with van der Waals surface area (Å²) in [5.41, 5.74) is 3.54. The number of nitrogens with two attached hydrogens (primary N) is 1. The Labute approximate surface area is 93.8 Å². The maximum absolute atomic E-state index is 13.0. The molecule has 1 aliphatic carbocycles. The van der Waals surface area contributed by atoms with Gasteiger partial charge in [0.25, 0.3) is 0 Å². The Bertz CT molecular complexity index is 381. The first-order chi connectivity index (χ1) is 7.61. The SMILES string of the molecule is CC1CC1C(Cc1ccc(F)c(F)c1)NN. The normalized spacial score (nSPS) is 25.5. The number of nitrogens with one attached hydrogen (secondary N) is 1. The number of benzene rings is 1. The molecule has 1 saturated carbocycles. The van der Waals surface area contributed by atoms with Gasteiger partial charge >= 0.3 is 0 Å². The first-order valence-electron chi connectivity index (χ1n) is 5.52. The highest BCUT2D eigenvalue weighted by Crippen LogP contribution is 2.41. The molecule has 3 unspecified atom stereocenters. The fourth-order valence-corrected chi connectivity index (χ4v) is 2.17. The molecule has 0 radical (unpaired) electrons. The van der Waals surface area contributed by atoms with Crippen molar-refractivity contribution in [2.45, 2.75) is 25.8 Å². The van der Waals surface area contributed by atoms with Crippen LogP contribution in [0, 0.1) is 23.5 Å². The van der Waals surface area contributed by atoms with Gasteiger partial charge in [0.05, 0.1) is 0 Å². The van der Waals surface area contributed by atoms with Crippen LogP contribution < -0.4 is 11.3 Å². The van der Waals surface area contributed by atoms with Crippen molar-refractivity contribution in [2.24, 2.45) is 17.7 Å². The maximum atomic E-state index is 13.0. The van der Waals surface area contributed by atoms with Gasteiger partial charge in [0, 0.05) is 6.04 Å². The van der Waals surface area contributed by atoms with Gasteiger partial charge in [0.15, 0.2) is 11.6 Å². The number of hydrazine groups is 1. The highest BCUT2D eigenvalue weighted by atomic mass is 19.2. The third-order valence-electron chi connectivity index (χ3n) is 3.34. The number of halogens is 2. The van der Waals surface area contributed by atoms with Crippen LogP contribution in [-0.4, -0.2) is 6.04 Å². The highest BCUT2D eigenvalue weighted by molar-refractivity contribution is 5.19. The molecule has 1 aromatic rings. The minimum absolute atomic E-state index is 0.153. The Balaban J connectivity index is 2.04. The first kappa shape index (κ1) is 11.5. The van der Waals surface area contributed by atoms with Gasteiger partial charge < -0.3 is 0 Å². The smallest absolute Gasteiger partial charge is 0.159 e. The Morgan fingerprint density at radius 1 is 1.44 bits per heavy atom. The third-order valence-corrected chi connectivity index (χ3v) is 3.34. The van der Waals surface area contributed by atoms with E-state index in [9.17, 15) is 8.78 Å². The van der Waals surface area contributed by atoms with Gasteiger partial charge in [0.1, 0.15) is 0 Å². The summed E-state index contributed by atoms with van der Waals surface area (Å²) in [6.07, 6.45) is 1.79. The second-order valence-corrected chi connectivity index (χ2v) is 4.60. The van der Waals surface area contributed by atoms with E-state index in [2.05, 4.69) is 12.3 Å². The predicted molar refractivity (Wildman–Crippen MR) is 58.4 cm³/mol. The van der Waals surface area contributed by atoms with Gasteiger partial charge in [0.2, 0.25) is 0 Å². The van der Waals surface area contributed by atoms with Gasteiger partial charge in [-0.25, -0.2) is 8.78 Å². The van der Waals surface area contributed by atoms with Crippen LogP contribution in [0.3, 0.4) is 0 Å². The van der Waals surface area contributed by atoms with Gasteiger partial charge in [-0.15, -0.1) is 0 Å². The van der Waals surface area contributed by atoms with E-state index >= 15 is 0 Å². The molecule has 0 heterocycles. The lowest BCUT2D eigenvalue weighted by Gasteiger charge is -2.15. The van der Waals surface area contributed by atoms with Gasteiger partial charge in [-0.1, -0.05) is 13.0 Å². The van der Waals surface area contributed by atoms with Crippen LogP contribution in [0.5, 0.6) is 0 Å². The van der Waals surface area contributed by atoms with Crippen molar-refractivity contribution in [3.63, 3.8) is 0 Å². The summed E-state index contributed by atoms with van der Waals surface area (Å²) in [5, 5.41) is 0. The summed E-state index contributed by atoms with van der Waals surface area (Å²) < 4.78 is 25.7. The van der Waals surface area contributed by atoms with Gasteiger partial charge in [-0.2, -0.15) is 0 Å².